The van der Waals surface area contributed by atoms with Crippen LogP contribution in [-0.2, 0) is 6.42 Å². The van der Waals surface area contributed by atoms with E-state index in [4.69, 9.17) is 0 Å². The number of anilines is 1. The minimum Gasteiger partial charge on any atom is -0.338 e. The highest BCUT2D eigenvalue weighted by Crippen LogP contribution is 2.10. The van der Waals surface area contributed by atoms with Crippen LogP contribution >= 0.6 is 11.3 Å². The maximum Gasteiger partial charge on any atom is 0.319 e. The smallest absolute Gasteiger partial charge is 0.319 e. The summed E-state index contributed by atoms with van der Waals surface area (Å²) in [6.07, 6.45) is 0.841. The molecule has 2 amide bonds. The zero-order valence-electron chi connectivity index (χ0n) is 13.7. The number of carbonyl (C=O) groups is 1. The number of urea groups is 1. The molecule has 3 nitrogen and oxygen atoms in total. The molecule has 0 fully saturated rings. The topological polar surface area (TPSA) is 41.1 Å². The van der Waals surface area contributed by atoms with Crippen LogP contribution in [0.5, 0.6) is 0 Å². The Morgan fingerprint density at radius 3 is 2.52 bits per heavy atom. The van der Waals surface area contributed by atoms with Crippen LogP contribution in [0.25, 0.3) is 0 Å². The van der Waals surface area contributed by atoms with Crippen LogP contribution in [0.3, 0.4) is 0 Å². The molecule has 0 bridgehead atoms. The van der Waals surface area contributed by atoms with Crippen molar-refractivity contribution < 1.29 is 4.79 Å². The Kier molecular flexibility index (Phi) is 5.86. The molecule has 124 valence electrons. The Labute approximate surface area is 151 Å². The minimum absolute atomic E-state index is 0.204. The molecule has 1 heterocycles. The summed E-state index contributed by atoms with van der Waals surface area (Å²) in [6, 6.07) is 21.2. The van der Waals surface area contributed by atoms with Gasteiger partial charge in [0.25, 0.3) is 0 Å². The van der Waals surface area contributed by atoms with Crippen molar-refractivity contribution in [1.82, 2.24) is 5.32 Å². The van der Waals surface area contributed by atoms with Crippen molar-refractivity contribution in [3.8, 4) is 11.8 Å². The molecule has 2 aromatic carbocycles. The maximum absolute atomic E-state index is 12.0. The fourth-order valence-electron chi connectivity index (χ4n) is 2.27. The molecular weight excluding hydrogens is 328 g/mol. The normalized spacial score (nSPS) is 9.76. The van der Waals surface area contributed by atoms with Crippen molar-refractivity contribution in [3.05, 3.63) is 88.1 Å². The van der Waals surface area contributed by atoms with Gasteiger partial charge in [0, 0.05) is 28.2 Å². The number of carbonyl (C=O) groups excluding carboxylic acids is 1. The number of rotatable bonds is 4. The van der Waals surface area contributed by atoms with Crippen molar-refractivity contribution >= 4 is 23.1 Å². The molecule has 4 heteroatoms. The van der Waals surface area contributed by atoms with Crippen LogP contribution in [-0.4, -0.2) is 12.6 Å². The minimum atomic E-state index is -0.204. The molecule has 3 rings (SSSR count). The van der Waals surface area contributed by atoms with Crippen molar-refractivity contribution in [3.63, 3.8) is 0 Å². The fraction of sp³-hybridized carbons (Fsp3) is 0.0952. The van der Waals surface area contributed by atoms with E-state index < -0.39 is 0 Å². The monoisotopic (exact) mass is 346 g/mol. The molecule has 0 unspecified atom stereocenters. The van der Waals surface area contributed by atoms with Gasteiger partial charge in [-0.15, -0.1) is 11.3 Å². The third-order valence-corrected chi connectivity index (χ3v) is 4.42. The molecule has 1 aromatic heterocycles. The molecule has 25 heavy (non-hydrogen) atoms. The molecule has 0 atom stereocenters. The highest BCUT2D eigenvalue weighted by atomic mass is 32.1. The van der Waals surface area contributed by atoms with E-state index in [9.17, 15) is 4.79 Å². The Balaban J connectivity index is 1.54. The van der Waals surface area contributed by atoms with Crippen LogP contribution < -0.4 is 10.6 Å². The van der Waals surface area contributed by atoms with Gasteiger partial charge in [-0.05, 0) is 48.2 Å². The van der Waals surface area contributed by atoms with E-state index in [1.807, 2.05) is 66.0 Å². The second-order valence-electron chi connectivity index (χ2n) is 5.41. The van der Waals surface area contributed by atoms with Gasteiger partial charge >= 0.3 is 6.03 Å². The molecule has 0 aliphatic heterocycles. The van der Waals surface area contributed by atoms with Gasteiger partial charge in [-0.25, -0.2) is 4.79 Å². The summed E-state index contributed by atoms with van der Waals surface area (Å²) in [7, 11) is 0. The SMILES string of the molecule is O=C(NCCc1cccs1)Nc1cccc(C#Cc2ccccc2)c1. The van der Waals surface area contributed by atoms with Crippen molar-refractivity contribution in [2.24, 2.45) is 0 Å². The summed E-state index contributed by atoms with van der Waals surface area (Å²) >= 11 is 1.70. The Hall–Kier alpha value is -3.03. The highest BCUT2D eigenvalue weighted by Gasteiger charge is 2.02. The molecule has 0 radical (unpaired) electrons. The molecule has 0 aliphatic rings. The number of nitrogens with one attached hydrogen (secondary N) is 2. The summed E-state index contributed by atoms with van der Waals surface area (Å²) in [6.45, 7) is 0.611. The summed E-state index contributed by atoms with van der Waals surface area (Å²) in [4.78, 5) is 13.2. The van der Waals surface area contributed by atoms with E-state index in [1.54, 1.807) is 11.3 Å². The molecular formula is C21H18N2OS. The molecule has 0 spiro atoms. The van der Waals surface area contributed by atoms with E-state index in [2.05, 4.69) is 28.5 Å². The Bertz CT molecular complexity index is 877. The zero-order valence-corrected chi connectivity index (χ0v) is 14.5. The molecule has 0 saturated heterocycles. The van der Waals surface area contributed by atoms with Crippen LogP contribution in [0.2, 0.25) is 0 Å². The van der Waals surface area contributed by atoms with E-state index in [-0.39, 0.29) is 6.03 Å². The second kappa shape index (κ2) is 8.72. The highest BCUT2D eigenvalue weighted by molar-refractivity contribution is 7.09. The predicted molar refractivity (Wildman–Crippen MR) is 104 cm³/mol. The summed E-state index contributed by atoms with van der Waals surface area (Å²) in [5, 5.41) is 7.75. The summed E-state index contributed by atoms with van der Waals surface area (Å²) < 4.78 is 0. The lowest BCUT2D eigenvalue weighted by Crippen LogP contribution is -2.30. The average molecular weight is 346 g/mol. The number of benzene rings is 2. The molecule has 2 N–H and O–H groups in total. The van der Waals surface area contributed by atoms with E-state index in [0.29, 0.717) is 6.54 Å². The zero-order chi connectivity index (χ0) is 17.3. The van der Waals surface area contributed by atoms with Gasteiger partial charge in [0.05, 0.1) is 0 Å². The predicted octanol–water partition coefficient (Wildman–Crippen LogP) is 4.51. The lowest BCUT2D eigenvalue weighted by Gasteiger charge is -2.07. The molecule has 3 aromatic rings. The first kappa shape index (κ1) is 16.8. The van der Waals surface area contributed by atoms with Crippen LogP contribution in [0.1, 0.15) is 16.0 Å². The average Bonchev–Trinajstić information content (AvgIpc) is 3.15. The van der Waals surface area contributed by atoms with Gasteiger partial charge in [0.1, 0.15) is 0 Å². The summed E-state index contributed by atoms with van der Waals surface area (Å²) in [5.41, 5.74) is 2.56. The third kappa shape index (κ3) is 5.52. The number of hydrogen-bond donors (Lipinski definition) is 2. The molecule has 0 saturated carbocycles. The van der Waals surface area contributed by atoms with E-state index in [1.165, 1.54) is 4.88 Å². The fourth-order valence-corrected chi connectivity index (χ4v) is 2.98. The Morgan fingerprint density at radius 2 is 1.72 bits per heavy atom. The van der Waals surface area contributed by atoms with Gasteiger partial charge in [-0.2, -0.15) is 0 Å². The first-order chi connectivity index (χ1) is 12.3. The van der Waals surface area contributed by atoms with Crippen molar-refractivity contribution in [1.29, 1.82) is 0 Å². The number of amides is 2. The second-order valence-corrected chi connectivity index (χ2v) is 6.44. The van der Waals surface area contributed by atoms with Crippen LogP contribution in [0.4, 0.5) is 10.5 Å². The number of thiophene rings is 1. The standard InChI is InChI=1S/C21H18N2OS/c24-21(22-14-13-20-10-5-15-25-20)23-19-9-4-8-18(16-19)12-11-17-6-2-1-3-7-17/h1-10,15-16H,13-14H2,(H2,22,23,24). The number of hydrogen-bond acceptors (Lipinski definition) is 2. The van der Waals surface area contributed by atoms with Gasteiger partial charge in [-0.3, -0.25) is 0 Å². The quantitative estimate of drug-likeness (QED) is 0.671. The van der Waals surface area contributed by atoms with Gasteiger partial charge in [0.15, 0.2) is 0 Å². The van der Waals surface area contributed by atoms with Gasteiger partial charge in [0.2, 0.25) is 0 Å². The lowest BCUT2D eigenvalue weighted by molar-refractivity contribution is 0.252. The maximum atomic E-state index is 12.0. The molecule has 0 aliphatic carbocycles. The lowest BCUT2D eigenvalue weighted by atomic mass is 10.1. The summed E-state index contributed by atoms with van der Waals surface area (Å²) in [5.74, 6) is 6.23. The van der Waals surface area contributed by atoms with E-state index >= 15 is 0 Å². The van der Waals surface area contributed by atoms with Gasteiger partial charge in [-0.1, -0.05) is 42.2 Å². The van der Waals surface area contributed by atoms with Crippen LogP contribution in [0.15, 0.2) is 72.1 Å². The van der Waals surface area contributed by atoms with E-state index in [0.717, 1.165) is 23.2 Å². The van der Waals surface area contributed by atoms with Crippen molar-refractivity contribution in [2.75, 3.05) is 11.9 Å². The van der Waals surface area contributed by atoms with Crippen LogP contribution in [0, 0.1) is 11.8 Å². The largest absolute Gasteiger partial charge is 0.338 e. The first-order valence-corrected chi connectivity index (χ1v) is 8.92. The van der Waals surface area contributed by atoms with Gasteiger partial charge < -0.3 is 10.6 Å². The Morgan fingerprint density at radius 1 is 0.920 bits per heavy atom. The third-order valence-electron chi connectivity index (χ3n) is 3.48. The van der Waals surface area contributed by atoms with Crippen molar-refractivity contribution in [2.45, 2.75) is 6.42 Å². The first-order valence-electron chi connectivity index (χ1n) is 8.04.